The van der Waals surface area contributed by atoms with Gasteiger partial charge in [-0.1, -0.05) is 0 Å². The van der Waals surface area contributed by atoms with Gasteiger partial charge in [0.15, 0.2) is 0 Å². The van der Waals surface area contributed by atoms with E-state index in [1.54, 1.807) is 6.33 Å². The minimum absolute atomic E-state index is 0.0537. The van der Waals surface area contributed by atoms with E-state index in [-0.39, 0.29) is 17.7 Å². The number of nitrogens with one attached hydrogen (secondary N) is 3. The molecule has 2 fully saturated rings. The summed E-state index contributed by atoms with van der Waals surface area (Å²) in [7, 11) is 0. The van der Waals surface area contributed by atoms with Gasteiger partial charge < -0.3 is 15.2 Å². The summed E-state index contributed by atoms with van der Waals surface area (Å²) in [5.41, 5.74) is 2.95. The molecular formula is C20H23N5O3. The predicted octanol–water partition coefficient (Wildman–Crippen LogP) is 2.20. The third-order valence-electron chi connectivity index (χ3n) is 5.89. The molecule has 4 amide bonds. The summed E-state index contributed by atoms with van der Waals surface area (Å²) in [5, 5.41) is 7.96. The summed E-state index contributed by atoms with van der Waals surface area (Å²) in [6, 6.07) is 7.18. The van der Waals surface area contributed by atoms with Crippen LogP contribution in [0.4, 0.5) is 10.5 Å². The number of anilines is 1. The largest absolute Gasteiger partial charge is 0.326 e. The quantitative estimate of drug-likeness (QED) is 0.709. The van der Waals surface area contributed by atoms with Crippen LogP contribution >= 0.6 is 0 Å². The molecule has 0 bridgehead atoms. The minimum Gasteiger partial charge on any atom is -0.326 e. The van der Waals surface area contributed by atoms with E-state index < -0.39 is 11.6 Å². The van der Waals surface area contributed by atoms with Crippen molar-refractivity contribution >= 4 is 23.5 Å². The molecule has 1 saturated carbocycles. The molecular weight excluding hydrogens is 358 g/mol. The summed E-state index contributed by atoms with van der Waals surface area (Å²) in [4.78, 5) is 40.3. The van der Waals surface area contributed by atoms with Crippen molar-refractivity contribution < 1.29 is 14.4 Å². The molecule has 1 aliphatic heterocycles. The summed E-state index contributed by atoms with van der Waals surface area (Å²) in [6.07, 6.45) is 3.85. The molecule has 1 saturated heterocycles. The molecule has 8 nitrogen and oxygen atoms in total. The molecule has 1 aromatic heterocycles. The van der Waals surface area contributed by atoms with Crippen molar-refractivity contribution in [1.82, 2.24) is 20.2 Å². The zero-order valence-electron chi connectivity index (χ0n) is 15.9. The Balaban J connectivity index is 1.37. The number of hydrogen-bond donors (Lipinski definition) is 3. The van der Waals surface area contributed by atoms with E-state index in [2.05, 4.69) is 20.9 Å². The molecule has 1 aliphatic carbocycles. The SMILES string of the molecule is Cc1ncn(-c2ccc(NC(=O)C3CCC4(CC3)NC(=O)NC4=O)cc2)c1C. The predicted molar refractivity (Wildman–Crippen MR) is 103 cm³/mol. The summed E-state index contributed by atoms with van der Waals surface area (Å²) in [5.74, 6) is -0.506. The second-order valence-corrected chi connectivity index (χ2v) is 7.59. The van der Waals surface area contributed by atoms with E-state index in [4.69, 9.17) is 0 Å². The Morgan fingerprint density at radius 2 is 1.86 bits per heavy atom. The molecule has 1 aromatic carbocycles. The highest BCUT2D eigenvalue weighted by Gasteiger charge is 2.48. The number of aromatic nitrogens is 2. The molecule has 3 N–H and O–H groups in total. The van der Waals surface area contributed by atoms with Gasteiger partial charge in [-0.15, -0.1) is 0 Å². The molecule has 0 atom stereocenters. The second kappa shape index (κ2) is 6.78. The zero-order chi connectivity index (χ0) is 19.9. The fourth-order valence-electron chi connectivity index (χ4n) is 3.96. The number of imide groups is 1. The van der Waals surface area contributed by atoms with Crippen LogP contribution in [0.1, 0.15) is 37.1 Å². The topological polar surface area (TPSA) is 105 Å². The molecule has 28 heavy (non-hydrogen) atoms. The highest BCUT2D eigenvalue weighted by molar-refractivity contribution is 6.07. The van der Waals surface area contributed by atoms with Gasteiger partial charge in [0.05, 0.1) is 12.0 Å². The summed E-state index contributed by atoms with van der Waals surface area (Å²) >= 11 is 0. The van der Waals surface area contributed by atoms with Gasteiger partial charge in [0, 0.05) is 23.0 Å². The molecule has 8 heteroatoms. The Bertz CT molecular complexity index is 939. The maximum atomic E-state index is 12.6. The van der Waals surface area contributed by atoms with Crippen LogP contribution in [0.2, 0.25) is 0 Å². The number of carbonyl (C=O) groups is 3. The first-order valence-electron chi connectivity index (χ1n) is 9.43. The number of amides is 4. The van der Waals surface area contributed by atoms with Crippen LogP contribution in [-0.4, -0.2) is 32.9 Å². The average molecular weight is 381 g/mol. The molecule has 0 unspecified atom stereocenters. The second-order valence-electron chi connectivity index (χ2n) is 7.59. The van der Waals surface area contributed by atoms with Gasteiger partial charge in [-0.05, 0) is 63.8 Å². The normalized spacial score (nSPS) is 24.1. The zero-order valence-corrected chi connectivity index (χ0v) is 15.9. The maximum absolute atomic E-state index is 12.6. The van der Waals surface area contributed by atoms with Gasteiger partial charge >= 0.3 is 6.03 Å². The fraction of sp³-hybridized carbons (Fsp3) is 0.400. The lowest BCUT2D eigenvalue weighted by Crippen LogP contribution is -2.50. The highest BCUT2D eigenvalue weighted by Crippen LogP contribution is 2.34. The first-order chi connectivity index (χ1) is 13.4. The number of carbonyl (C=O) groups excluding carboxylic acids is 3. The first-order valence-corrected chi connectivity index (χ1v) is 9.43. The van der Waals surface area contributed by atoms with Gasteiger partial charge in [0.25, 0.3) is 5.91 Å². The summed E-state index contributed by atoms with van der Waals surface area (Å²) in [6.45, 7) is 3.98. The fourth-order valence-corrected chi connectivity index (χ4v) is 3.96. The third kappa shape index (κ3) is 3.15. The number of benzene rings is 1. The standard InChI is InChI=1S/C20H23N5O3/c1-12-13(2)25(11-21-12)16-5-3-15(4-6-16)22-17(26)14-7-9-20(10-8-14)18(27)23-19(28)24-20/h3-6,11,14H,7-10H2,1-2H3,(H,22,26)(H2,23,24,27,28). The van der Waals surface area contributed by atoms with Crippen molar-refractivity contribution in [2.45, 2.75) is 45.1 Å². The lowest BCUT2D eigenvalue weighted by Gasteiger charge is -2.33. The van der Waals surface area contributed by atoms with E-state index in [9.17, 15) is 14.4 Å². The Morgan fingerprint density at radius 3 is 2.39 bits per heavy atom. The van der Waals surface area contributed by atoms with Crippen LogP contribution in [0.15, 0.2) is 30.6 Å². The minimum atomic E-state index is -0.837. The Kier molecular flexibility index (Phi) is 4.41. The Hall–Kier alpha value is -3.16. The van der Waals surface area contributed by atoms with E-state index in [0.717, 1.165) is 22.8 Å². The third-order valence-corrected chi connectivity index (χ3v) is 5.89. The van der Waals surface area contributed by atoms with Gasteiger partial charge in [-0.2, -0.15) is 0 Å². The molecule has 2 aromatic rings. The molecule has 0 radical (unpaired) electrons. The van der Waals surface area contributed by atoms with Gasteiger partial charge in [0.2, 0.25) is 5.91 Å². The van der Waals surface area contributed by atoms with E-state index >= 15 is 0 Å². The Morgan fingerprint density at radius 1 is 1.18 bits per heavy atom. The molecule has 1 spiro atoms. The number of urea groups is 1. The Labute approximate surface area is 162 Å². The van der Waals surface area contributed by atoms with Crippen molar-refractivity contribution in [2.75, 3.05) is 5.32 Å². The lowest BCUT2D eigenvalue weighted by atomic mass is 9.76. The van der Waals surface area contributed by atoms with Crippen molar-refractivity contribution in [3.05, 3.63) is 42.0 Å². The number of nitrogens with zero attached hydrogens (tertiary/aromatic N) is 2. The maximum Gasteiger partial charge on any atom is 0.322 e. The average Bonchev–Trinajstić information content (AvgIpc) is 3.15. The molecule has 2 aliphatic rings. The molecule has 146 valence electrons. The van der Waals surface area contributed by atoms with Crippen LogP contribution in [0.5, 0.6) is 0 Å². The van der Waals surface area contributed by atoms with Crippen molar-refractivity contribution in [2.24, 2.45) is 5.92 Å². The van der Waals surface area contributed by atoms with Crippen LogP contribution in [0, 0.1) is 19.8 Å². The van der Waals surface area contributed by atoms with E-state index in [1.165, 1.54) is 0 Å². The monoisotopic (exact) mass is 381 g/mol. The number of hydrogen-bond acceptors (Lipinski definition) is 4. The van der Waals surface area contributed by atoms with Crippen LogP contribution in [0.3, 0.4) is 0 Å². The smallest absolute Gasteiger partial charge is 0.322 e. The van der Waals surface area contributed by atoms with E-state index in [1.807, 2.05) is 42.7 Å². The highest BCUT2D eigenvalue weighted by atomic mass is 16.2. The van der Waals surface area contributed by atoms with Crippen LogP contribution in [-0.2, 0) is 9.59 Å². The molecule has 2 heterocycles. The van der Waals surface area contributed by atoms with Gasteiger partial charge in [-0.25, -0.2) is 9.78 Å². The van der Waals surface area contributed by atoms with Crippen LogP contribution < -0.4 is 16.0 Å². The van der Waals surface area contributed by atoms with Crippen molar-refractivity contribution in [3.63, 3.8) is 0 Å². The number of aryl methyl sites for hydroxylation is 1. The van der Waals surface area contributed by atoms with E-state index in [0.29, 0.717) is 25.7 Å². The number of imidazole rings is 1. The van der Waals surface area contributed by atoms with Crippen LogP contribution in [0.25, 0.3) is 5.69 Å². The summed E-state index contributed by atoms with van der Waals surface area (Å²) < 4.78 is 2.00. The van der Waals surface area contributed by atoms with Crippen molar-refractivity contribution in [1.29, 1.82) is 0 Å². The van der Waals surface area contributed by atoms with Gasteiger partial charge in [0.1, 0.15) is 5.54 Å². The van der Waals surface area contributed by atoms with Crippen molar-refractivity contribution in [3.8, 4) is 5.69 Å². The first kappa shape index (κ1) is 18.2. The lowest BCUT2D eigenvalue weighted by molar-refractivity contribution is -0.128. The number of rotatable bonds is 3. The van der Waals surface area contributed by atoms with Gasteiger partial charge in [-0.3, -0.25) is 14.9 Å². The molecule has 4 rings (SSSR count).